The number of benzene rings is 1. The van der Waals surface area contributed by atoms with Gasteiger partial charge in [-0.2, -0.15) is 0 Å². The van der Waals surface area contributed by atoms with E-state index in [0.717, 1.165) is 42.7 Å². The van der Waals surface area contributed by atoms with Crippen molar-refractivity contribution < 1.29 is 14.4 Å². The van der Waals surface area contributed by atoms with Gasteiger partial charge in [-0.15, -0.1) is 0 Å². The number of aryl methyl sites for hydroxylation is 3. The molecule has 132 valence electrons. The number of pyridine rings is 1. The van der Waals surface area contributed by atoms with Crippen LogP contribution in [0.25, 0.3) is 11.0 Å². The van der Waals surface area contributed by atoms with Crippen LogP contribution in [-0.4, -0.2) is 21.2 Å². The number of rotatable bonds is 3. The van der Waals surface area contributed by atoms with Gasteiger partial charge in [0.1, 0.15) is 11.3 Å². The third kappa shape index (κ3) is 2.71. The van der Waals surface area contributed by atoms with Crippen LogP contribution in [0.15, 0.2) is 33.7 Å². The van der Waals surface area contributed by atoms with Crippen molar-refractivity contribution in [3.63, 3.8) is 0 Å². The van der Waals surface area contributed by atoms with Crippen LogP contribution < -0.4 is 0 Å². The summed E-state index contributed by atoms with van der Waals surface area (Å²) in [6, 6.07) is 6.72. The van der Waals surface area contributed by atoms with Crippen LogP contribution in [0, 0.1) is 17.0 Å². The smallest absolute Gasteiger partial charge is 0.315 e. The molecule has 0 saturated carbocycles. The van der Waals surface area contributed by atoms with Crippen molar-refractivity contribution in [2.75, 3.05) is 0 Å². The molecule has 1 aliphatic rings. The van der Waals surface area contributed by atoms with Gasteiger partial charge >= 0.3 is 5.69 Å². The fourth-order valence-corrected chi connectivity index (χ4v) is 3.43. The molecular weight excluding hydrogens is 334 g/mol. The van der Waals surface area contributed by atoms with Crippen molar-refractivity contribution in [1.82, 2.24) is 4.98 Å². The normalized spacial score (nSPS) is 14.0. The highest BCUT2D eigenvalue weighted by Gasteiger charge is 2.27. The van der Waals surface area contributed by atoms with E-state index in [2.05, 4.69) is 9.98 Å². The number of phenolic OH excluding ortho intramolecular Hbond substituents is 1. The van der Waals surface area contributed by atoms with Crippen molar-refractivity contribution in [2.45, 2.75) is 32.6 Å². The van der Waals surface area contributed by atoms with Gasteiger partial charge < -0.3 is 9.52 Å². The minimum absolute atomic E-state index is 0.310. The van der Waals surface area contributed by atoms with Crippen LogP contribution in [0.1, 0.15) is 35.4 Å². The summed E-state index contributed by atoms with van der Waals surface area (Å²) in [6.07, 6.45) is 5.11. The second kappa shape index (κ2) is 6.25. The minimum Gasteiger partial charge on any atom is -0.502 e. The fourth-order valence-electron chi connectivity index (χ4n) is 3.43. The predicted octanol–water partition coefficient (Wildman–Crippen LogP) is 4.38. The molecule has 7 heteroatoms. The molecule has 1 N–H and O–H groups in total. The Bertz CT molecular complexity index is 1050. The summed E-state index contributed by atoms with van der Waals surface area (Å²) < 4.78 is 5.86. The molecule has 2 heterocycles. The monoisotopic (exact) mass is 351 g/mol. The Hall–Kier alpha value is -3.22. The lowest BCUT2D eigenvalue weighted by Crippen LogP contribution is -2.00. The summed E-state index contributed by atoms with van der Waals surface area (Å²) in [4.78, 5) is 19.3. The van der Waals surface area contributed by atoms with Crippen LogP contribution in [0.3, 0.4) is 0 Å². The van der Waals surface area contributed by atoms with E-state index in [1.165, 1.54) is 12.3 Å². The van der Waals surface area contributed by atoms with E-state index in [1.807, 2.05) is 19.1 Å². The molecule has 1 aliphatic carbocycles. The van der Waals surface area contributed by atoms with Crippen molar-refractivity contribution in [2.24, 2.45) is 4.99 Å². The van der Waals surface area contributed by atoms with Crippen LogP contribution in [-0.2, 0) is 12.8 Å². The van der Waals surface area contributed by atoms with Crippen molar-refractivity contribution in [3.05, 3.63) is 57.0 Å². The topological polar surface area (TPSA) is 102 Å². The van der Waals surface area contributed by atoms with Gasteiger partial charge in [0.2, 0.25) is 5.75 Å². The highest BCUT2D eigenvalue weighted by Crippen LogP contribution is 2.41. The van der Waals surface area contributed by atoms with Gasteiger partial charge in [0.25, 0.3) is 0 Å². The fraction of sp³-hybridized carbons (Fsp3) is 0.263. The average molecular weight is 351 g/mol. The standard InChI is InChI=1S/C19H17N3O4/c1-11-5-4-8-17(21-11)20-10-13-18-12-6-2-3-7-15(12)26-16(18)9-14(19(13)23)22(24)25/h4-5,8-10,23H,2-3,6-7H2,1H3. The maximum atomic E-state index is 11.3. The van der Waals surface area contributed by atoms with E-state index in [1.54, 1.807) is 6.07 Å². The Kier molecular flexibility index (Phi) is 3.91. The van der Waals surface area contributed by atoms with Gasteiger partial charge in [-0.3, -0.25) is 10.1 Å². The maximum absolute atomic E-state index is 11.3. The Morgan fingerprint density at radius 3 is 2.92 bits per heavy atom. The molecule has 0 saturated heterocycles. The first-order chi connectivity index (χ1) is 12.5. The Morgan fingerprint density at radius 2 is 2.15 bits per heavy atom. The zero-order valence-electron chi connectivity index (χ0n) is 14.2. The molecule has 0 fully saturated rings. The number of fused-ring (bicyclic) bond motifs is 3. The first-order valence-corrected chi connectivity index (χ1v) is 8.47. The molecule has 2 aromatic heterocycles. The second-order valence-electron chi connectivity index (χ2n) is 6.39. The lowest BCUT2D eigenvalue weighted by atomic mass is 9.93. The largest absolute Gasteiger partial charge is 0.502 e. The van der Waals surface area contributed by atoms with E-state index < -0.39 is 10.7 Å². The van der Waals surface area contributed by atoms with Gasteiger partial charge in [0.05, 0.1) is 16.6 Å². The van der Waals surface area contributed by atoms with E-state index >= 15 is 0 Å². The van der Waals surface area contributed by atoms with E-state index in [4.69, 9.17) is 4.42 Å². The van der Waals surface area contributed by atoms with Crippen molar-refractivity contribution in [1.29, 1.82) is 0 Å². The van der Waals surface area contributed by atoms with Crippen molar-refractivity contribution >= 4 is 28.7 Å². The zero-order valence-corrected chi connectivity index (χ0v) is 14.2. The second-order valence-corrected chi connectivity index (χ2v) is 6.39. The van der Waals surface area contributed by atoms with Crippen LogP contribution in [0.4, 0.5) is 11.5 Å². The van der Waals surface area contributed by atoms with Gasteiger partial charge in [-0.25, -0.2) is 9.98 Å². The Morgan fingerprint density at radius 1 is 1.35 bits per heavy atom. The van der Waals surface area contributed by atoms with Gasteiger partial charge in [0.15, 0.2) is 5.82 Å². The molecule has 3 aromatic rings. The summed E-state index contributed by atoms with van der Waals surface area (Å²) in [5.41, 5.74) is 2.16. The van der Waals surface area contributed by atoms with Crippen LogP contribution in [0.2, 0.25) is 0 Å². The molecule has 0 aliphatic heterocycles. The van der Waals surface area contributed by atoms with Gasteiger partial charge in [-0.1, -0.05) is 6.07 Å². The number of hydrogen-bond acceptors (Lipinski definition) is 6. The van der Waals surface area contributed by atoms with E-state index in [-0.39, 0.29) is 5.69 Å². The zero-order chi connectivity index (χ0) is 18.3. The highest BCUT2D eigenvalue weighted by molar-refractivity contribution is 6.05. The number of aliphatic imine (C=N–C) groups is 1. The molecule has 0 unspecified atom stereocenters. The third-order valence-electron chi connectivity index (χ3n) is 4.63. The van der Waals surface area contributed by atoms with Crippen LogP contribution in [0.5, 0.6) is 5.75 Å². The number of furan rings is 1. The lowest BCUT2D eigenvalue weighted by Gasteiger charge is -2.10. The van der Waals surface area contributed by atoms with Gasteiger partial charge in [-0.05, 0) is 38.3 Å². The van der Waals surface area contributed by atoms with Crippen molar-refractivity contribution in [3.8, 4) is 5.75 Å². The first kappa shape index (κ1) is 16.3. The summed E-state index contributed by atoms with van der Waals surface area (Å²) in [5.74, 6) is 0.920. The quantitative estimate of drug-likeness (QED) is 0.428. The van der Waals surface area contributed by atoms with Gasteiger partial charge in [0, 0.05) is 29.3 Å². The molecule has 0 amide bonds. The molecule has 0 spiro atoms. The number of aromatic nitrogens is 1. The molecule has 1 aromatic carbocycles. The maximum Gasteiger partial charge on any atom is 0.315 e. The van der Waals surface area contributed by atoms with E-state index in [0.29, 0.717) is 22.4 Å². The molecule has 0 radical (unpaired) electrons. The molecule has 26 heavy (non-hydrogen) atoms. The molecular formula is C19H17N3O4. The third-order valence-corrected chi connectivity index (χ3v) is 4.63. The van der Waals surface area contributed by atoms with Crippen LogP contribution >= 0.6 is 0 Å². The molecule has 4 rings (SSSR count). The number of nitro benzene ring substituents is 1. The summed E-state index contributed by atoms with van der Waals surface area (Å²) in [5, 5.41) is 22.5. The first-order valence-electron chi connectivity index (χ1n) is 8.47. The number of aromatic hydroxyl groups is 1. The number of nitrogens with zero attached hydrogens (tertiary/aromatic N) is 3. The summed E-state index contributed by atoms with van der Waals surface area (Å²) in [7, 11) is 0. The number of nitro groups is 1. The average Bonchev–Trinajstić information content (AvgIpc) is 2.99. The molecule has 7 nitrogen and oxygen atoms in total. The summed E-state index contributed by atoms with van der Waals surface area (Å²) >= 11 is 0. The van der Waals surface area contributed by atoms with E-state index in [9.17, 15) is 15.2 Å². The summed E-state index contributed by atoms with van der Waals surface area (Å²) in [6.45, 7) is 1.86. The minimum atomic E-state index is -0.613. The number of hydrogen-bond donors (Lipinski definition) is 1. The molecule has 0 atom stereocenters. The lowest BCUT2D eigenvalue weighted by molar-refractivity contribution is -0.385. The highest BCUT2D eigenvalue weighted by atomic mass is 16.6. The number of phenols is 1. The Labute approximate surface area is 149 Å². The SMILES string of the molecule is Cc1cccc(N=Cc2c(O)c([N+](=O)[O-])cc3oc4c(c23)CCCC4)n1. The molecule has 0 bridgehead atoms. The Balaban J connectivity index is 1.94. The predicted molar refractivity (Wildman–Crippen MR) is 97.4 cm³/mol.